The lowest BCUT2D eigenvalue weighted by Crippen LogP contribution is -2.17. The number of fused-ring (bicyclic) bond motifs is 1. The van der Waals surface area contributed by atoms with Crippen molar-refractivity contribution in [3.8, 4) is 6.07 Å². The Kier molecular flexibility index (Phi) is 5.54. The molecule has 0 aliphatic carbocycles. The Bertz CT molecular complexity index is 1300. The summed E-state index contributed by atoms with van der Waals surface area (Å²) < 4.78 is 1.62. The van der Waals surface area contributed by atoms with Crippen LogP contribution < -0.4 is 5.56 Å². The van der Waals surface area contributed by atoms with Crippen molar-refractivity contribution in [1.29, 1.82) is 5.26 Å². The Morgan fingerprint density at radius 1 is 1.23 bits per heavy atom. The van der Waals surface area contributed by atoms with Crippen LogP contribution in [0.25, 0.3) is 11.0 Å². The van der Waals surface area contributed by atoms with E-state index in [0.717, 1.165) is 17.7 Å². The smallest absolute Gasteiger partial charge is 0.263 e. The maximum Gasteiger partial charge on any atom is 0.263 e. The van der Waals surface area contributed by atoms with Gasteiger partial charge in [-0.05, 0) is 38.0 Å². The zero-order chi connectivity index (χ0) is 22.0. The third-order valence-corrected chi connectivity index (χ3v) is 5.38. The van der Waals surface area contributed by atoms with E-state index in [4.69, 9.17) is 4.98 Å². The molecule has 156 valence electrons. The fourth-order valence-electron chi connectivity index (χ4n) is 3.58. The van der Waals surface area contributed by atoms with Crippen LogP contribution >= 0.6 is 0 Å². The SMILES string of the molecule is CCC(Cc1nc2c(c(C#N)nn2C(C)c2ccc(C)nc2)c(=O)[nH]1)c1ncccn1. The zero-order valence-corrected chi connectivity index (χ0v) is 17.6. The molecule has 0 amide bonds. The number of aromatic amines is 1. The van der Waals surface area contributed by atoms with E-state index in [2.05, 4.69) is 25.0 Å². The maximum atomic E-state index is 12.9. The molecule has 1 N–H and O–H groups in total. The molecule has 0 spiro atoms. The number of nitrogens with zero attached hydrogens (tertiary/aromatic N) is 7. The van der Waals surface area contributed by atoms with Crippen LogP contribution in [0.3, 0.4) is 0 Å². The van der Waals surface area contributed by atoms with Crippen LogP contribution in [0.1, 0.15) is 60.8 Å². The molecule has 2 unspecified atom stereocenters. The minimum absolute atomic E-state index is 0.00679. The van der Waals surface area contributed by atoms with Gasteiger partial charge < -0.3 is 4.98 Å². The predicted octanol–water partition coefficient (Wildman–Crippen LogP) is 2.83. The zero-order valence-electron chi connectivity index (χ0n) is 17.6. The quantitative estimate of drug-likeness (QED) is 0.514. The van der Waals surface area contributed by atoms with Crippen LogP contribution in [0.15, 0.2) is 41.6 Å². The number of H-pyrrole nitrogens is 1. The van der Waals surface area contributed by atoms with Crippen molar-refractivity contribution in [3.05, 3.63) is 75.7 Å². The predicted molar refractivity (Wildman–Crippen MR) is 114 cm³/mol. The van der Waals surface area contributed by atoms with Crippen molar-refractivity contribution in [2.24, 2.45) is 0 Å². The molecule has 0 bridgehead atoms. The first-order chi connectivity index (χ1) is 15.0. The van der Waals surface area contributed by atoms with Gasteiger partial charge in [-0.1, -0.05) is 13.0 Å². The van der Waals surface area contributed by atoms with Crippen molar-refractivity contribution >= 4 is 11.0 Å². The third kappa shape index (κ3) is 3.92. The number of aryl methyl sites for hydroxylation is 1. The maximum absolute atomic E-state index is 12.9. The molecule has 4 rings (SSSR count). The molecule has 0 fully saturated rings. The van der Waals surface area contributed by atoms with Gasteiger partial charge in [0.1, 0.15) is 23.1 Å². The molecule has 4 aromatic heterocycles. The number of aromatic nitrogens is 7. The molecule has 0 saturated carbocycles. The highest BCUT2D eigenvalue weighted by Crippen LogP contribution is 2.24. The topological polar surface area (TPSA) is 126 Å². The van der Waals surface area contributed by atoms with Gasteiger partial charge in [-0.25, -0.2) is 19.6 Å². The van der Waals surface area contributed by atoms with Gasteiger partial charge in [0, 0.05) is 36.6 Å². The normalized spacial score (nSPS) is 13.1. The number of nitrogens with one attached hydrogen (secondary N) is 1. The second kappa shape index (κ2) is 8.44. The molecular weight excluding hydrogens is 392 g/mol. The van der Waals surface area contributed by atoms with Gasteiger partial charge in [-0.2, -0.15) is 10.4 Å². The second-order valence-electron chi connectivity index (χ2n) is 7.44. The lowest BCUT2D eigenvalue weighted by molar-refractivity contribution is 0.569. The molecular formula is C22H22N8O. The van der Waals surface area contributed by atoms with Crippen LogP contribution in [0.2, 0.25) is 0 Å². The van der Waals surface area contributed by atoms with Crippen LogP contribution in [0, 0.1) is 18.3 Å². The van der Waals surface area contributed by atoms with E-state index in [0.29, 0.717) is 23.7 Å². The van der Waals surface area contributed by atoms with Crippen LogP contribution in [0.5, 0.6) is 0 Å². The number of nitriles is 1. The molecule has 0 saturated heterocycles. The van der Waals surface area contributed by atoms with E-state index in [9.17, 15) is 10.1 Å². The number of hydrogen-bond acceptors (Lipinski definition) is 7. The fourth-order valence-corrected chi connectivity index (χ4v) is 3.58. The molecule has 9 heteroatoms. The van der Waals surface area contributed by atoms with Crippen molar-refractivity contribution in [1.82, 2.24) is 34.7 Å². The second-order valence-corrected chi connectivity index (χ2v) is 7.44. The Labute approximate surface area is 178 Å². The van der Waals surface area contributed by atoms with Crippen molar-refractivity contribution in [3.63, 3.8) is 0 Å². The summed E-state index contributed by atoms with van der Waals surface area (Å²) >= 11 is 0. The fraction of sp³-hybridized carbons (Fsp3) is 0.318. The molecule has 0 radical (unpaired) electrons. The summed E-state index contributed by atoms with van der Waals surface area (Å²) in [5.41, 5.74) is 1.88. The molecule has 9 nitrogen and oxygen atoms in total. The van der Waals surface area contributed by atoms with Gasteiger partial charge in [0.15, 0.2) is 11.3 Å². The molecule has 4 heterocycles. The van der Waals surface area contributed by atoms with E-state index in [1.165, 1.54) is 0 Å². The Morgan fingerprint density at radius 3 is 2.65 bits per heavy atom. The van der Waals surface area contributed by atoms with Crippen LogP contribution in [-0.4, -0.2) is 34.7 Å². The third-order valence-electron chi connectivity index (χ3n) is 5.38. The van der Waals surface area contributed by atoms with E-state index in [-0.39, 0.29) is 28.6 Å². The van der Waals surface area contributed by atoms with Gasteiger partial charge in [-0.3, -0.25) is 9.78 Å². The molecule has 0 aliphatic heterocycles. The lowest BCUT2D eigenvalue weighted by atomic mass is 10.0. The number of pyridine rings is 1. The number of hydrogen-bond donors (Lipinski definition) is 1. The van der Waals surface area contributed by atoms with Gasteiger partial charge in [0.25, 0.3) is 5.56 Å². The van der Waals surface area contributed by atoms with Crippen molar-refractivity contribution in [2.75, 3.05) is 0 Å². The van der Waals surface area contributed by atoms with E-state index in [1.807, 2.05) is 39.0 Å². The monoisotopic (exact) mass is 414 g/mol. The highest BCUT2D eigenvalue weighted by Gasteiger charge is 2.22. The Morgan fingerprint density at radius 2 is 2.00 bits per heavy atom. The van der Waals surface area contributed by atoms with Crippen LogP contribution in [-0.2, 0) is 6.42 Å². The van der Waals surface area contributed by atoms with Gasteiger partial charge in [0.05, 0.1) is 6.04 Å². The minimum atomic E-state index is -0.374. The molecule has 31 heavy (non-hydrogen) atoms. The Balaban J connectivity index is 1.80. The lowest BCUT2D eigenvalue weighted by Gasteiger charge is -2.15. The van der Waals surface area contributed by atoms with E-state index >= 15 is 0 Å². The molecule has 0 aromatic carbocycles. The average Bonchev–Trinajstić information content (AvgIpc) is 3.17. The first-order valence-electron chi connectivity index (χ1n) is 10.1. The highest BCUT2D eigenvalue weighted by atomic mass is 16.1. The molecule has 0 aliphatic rings. The summed E-state index contributed by atoms with van der Waals surface area (Å²) in [7, 11) is 0. The summed E-state index contributed by atoms with van der Waals surface area (Å²) in [6.07, 6.45) is 6.44. The first-order valence-corrected chi connectivity index (χ1v) is 10.1. The van der Waals surface area contributed by atoms with Crippen LogP contribution in [0.4, 0.5) is 0 Å². The summed E-state index contributed by atoms with van der Waals surface area (Å²) in [4.78, 5) is 33.4. The van der Waals surface area contributed by atoms with E-state index < -0.39 is 0 Å². The first kappa shape index (κ1) is 20.3. The standard InChI is InChI=1S/C22H22N8O/c1-4-15(20-24-8-5-9-25-20)10-18-27-21-19(22(31)28-18)17(11-23)29-30(21)14(3)16-7-6-13(2)26-12-16/h5-9,12,14-15H,4,10H2,1-3H3,(H,27,28,31). The highest BCUT2D eigenvalue weighted by molar-refractivity contribution is 5.80. The van der Waals surface area contributed by atoms with Crippen molar-refractivity contribution in [2.45, 2.75) is 45.6 Å². The molecule has 4 aromatic rings. The summed E-state index contributed by atoms with van der Waals surface area (Å²) in [6, 6.07) is 7.41. The average molecular weight is 414 g/mol. The van der Waals surface area contributed by atoms with Crippen molar-refractivity contribution < 1.29 is 0 Å². The van der Waals surface area contributed by atoms with Gasteiger partial charge in [0.2, 0.25) is 0 Å². The van der Waals surface area contributed by atoms with E-state index in [1.54, 1.807) is 29.3 Å². The minimum Gasteiger partial charge on any atom is -0.310 e. The van der Waals surface area contributed by atoms with Gasteiger partial charge in [-0.15, -0.1) is 0 Å². The molecule has 2 atom stereocenters. The van der Waals surface area contributed by atoms with Gasteiger partial charge >= 0.3 is 0 Å². The largest absolute Gasteiger partial charge is 0.310 e. The summed E-state index contributed by atoms with van der Waals surface area (Å²) in [6.45, 7) is 5.90. The summed E-state index contributed by atoms with van der Waals surface area (Å²) in [5.74, 6) is 1.22. The number of rotatable bonds is 6. The summed E-state index contributed by atoms with van der Waals surface area (Å²) in [5, 5.41) is 14.1. The Hall–Kier alpha value is -3.93.